The number of ether oxygens (including phenoxy) is 1. The molecule has 0 saturated heterocycles. The van der Waals surface area contributed by atoms with Crippen molar-refractivity contribution in [2.45, 2.75) is 38.5 Å². The Morgan fingerprint density at radius 3 is 1.93 bits per heavy atom. The van der Waals surface area contributed by atoms with Gasteiger partial charge in [-0.15, -0.1) is 48.1 Å². The zero-order chi connectivity index (χ0) is 37.6. The van der Waals surface area contributed by atoms with Crippen molar-refractivity contribution in [1.82, 2.24) is 9.55 Å². The molecule has 9 rings (SSSR count). The van der Waals surface area contributed by atoms with E-state index in [1.54, 1.807) is 0 Å². The first-order valence-electron chi connectivity index (χ1n) is 18.7. The Kier molecular flexibility index (Phi) is 9.90. The van der Waals surface area contributed by atoms with Crippen LogP contribution in [0.2, 0.25) is 0 Å². The van der Waals surface area contributed by atoms with Crippen LogP contribution in [-0.2, 0) is 31.9 Å². The number of para-hydroxylation sites is 1. The van der Waals surface area contributed by atoms with E-state index in [1.165, 1.54) is 22.3 Å². The number of aromatic nitrogens is 2. The van der Waals surface area contributed by atoms with Crippen molar-refractivity contribution in [1.29, 1.82) is 0 Å². The molecule has 56 heavy (non-hydrogen) atoms. The van der Waals surface area contributed by atoms with Gasteiger partial charge in [-0.1, -0.05) is 124 Å². The number of fused-ring (bicyclic) bond motifs is 3. The second-order valence-electron chi connectivity index (χ2n) is 15.1. The summed E-state index contributed by atoms with van der Waals surface area (Å²) in [7, 11) is 0. The molecule has 0 aliphatic carbocycles. The molecule has 8 aromatic rings. The number of nitrogens with zero attached hydrogens (tertiary/aromatic N) is 4. The Labute approximate surface area is 343 Å². The van der Waals surface area contributed by atoms with Crippen molar-refractivity contribution in [3.8, 4) is 17.3 Å². The van der Waals surface area contributed by atoms with Crippen LogP contribution in [0.15, 0.2) is 170 Å². The van der Waals surface area contributed by atoms with Gasteiger partial charge in [0.05, 0.1) is 0 Å². The topological polar surface area (TPSA) is 33.5 Å². The minimum absolute atomic E-state index is 0. The second-order valence-corrected chi connectivity index (χ2v) is 15.1. The second kappa shape index (κ2) is 15.0. The Morgan fingerprint density at radius 2 is 1.18 bits per heavy atom. The number of hydrogen-bond donors (Lipinski definition) is 0. The average molecular weight is 909 g/mol. The van der Waals surface area contributed by atoms with E-state index in [-0.39, 0.29) is 31.9 Å². The SMILES string of the molecule is CC(C)(c1ccccc1)c1cccc(N2C=CN(c3[c-]c(Oc4[c-]c5c(cc4)c4ccccc4n5-c4cc(C(C)(C)c5ccccc5)ccn4)ccc3)[CH-]2)c1.[Pt]. The molecule has 0 unspecified atom stereocenters. The van der Waals surface area contributed by atoms with Crippen LogP contribution in [0.4, 0.5) is 11.4 Å². The molecule has 0 fully saturated rings. The number of pyridine rings is 1. The maximum absolute atomic E-state index is 6.49. The van der Waals surface area contributed by atoms with Crippen LogP contribution >= 0.6 is 0 Å². The van der Waals surface area contributed by atoms with E-state index in [9.17, 15) is 0 Å². The quantitative estimate of drug-likeness (QED) is 0.135. The molecule has 6 heteroatoms. The Hall–Kier alpha value is -5.90. The van der Waals surface area contributed by atoms with E-state index < -0.39 is 0 Å². The number of anilines is 2. The smallest absolute Gasteiger partial charge is 0.135 e. The zero-order valence-electron chi connectivity index (χ0n) is 31.8. The third-order valence-corrected chi connectivity index (χ3v) is 11.0. The first kappa shape index (κ1) is 37.0. The fourth-order valence-corrected chi connectivity index (χ4v) is 7.61. The van der Waals surface area contributed by atoms with Gasteiger partial charge < -0.3 is 19.1 Å². The summed E-state index contributed by atoms with van der Waals surface area (Å²) in [6, 6.07) is 59.9. The molecule has 5 nitrogen and oxygen atoms in total. The van der Waals surface area contributed by atoms with Crippen molar-refractivity contribution in [2.75, 3.05) is 9.80 Å². The molecule has 3 heterocycles. The number of hydrogen-bond acceptors (Lipinski definition) is 4. The molecule has 6 aromatic carbocycles. The summed E-state index contributed by atoms with van der Waals surface area (Å²) < 4.78 is 8.68. The predicted octanol–water partition coefficient (Wildman–Crippen LogP) is 12.1. The minimum atomic E-state index is -0.209. The van der Waals surface area contributed by atoms with Gasteiger partial charge in [-0.3, -0.25) is 0 Å². The summed E-state index contributed by atoms with van der Waals surface area (Å²) in [5.41, 5.74) is 8.57. The van der Waals surface area contributed by atoms with Crippen LogP contribution in [0.1, 0.15) is 49.9 Å². The van der Waals surface area contributed by atoms with Crippen LogP contribution < -0.4 is 14.5 Å². The molecule has 1 aliphatic rings. The van der Waals surface area contributed by atoms with Crippen LogP contribution in [0.3, 0.4) is 0 Å². The molecule has 0 amide bonds. The van der Waals surface area contributed by atoms with Gasteiger partial charge in [0.15, 0.2) is 0 Å². The van der Waals surface area contributed by atoms with E-state index in [0.29, 0.717) is 11.5 Å². The van der Waals surface area contributed by atoms with E-state index in [1.807, 2.05) is 36.7 Å². The van der Waals surface area contributed by atoms with E-state index in [4.69, 9.17) is 9.72 Å². The van der Waals surface area contributed by atoms with E-state index >= 15 is 0 Å². The van der Waals surface area contributed by atoms with Crippen LogP contribution in [0, 0.1) is 18.8 Å². The number of benzene rings is 6. The maximum Gasteiger partial charge on any atom is 0.135 e. The summed E-state index contributed by atoms with van der Waals surface area (Å²) in [6.45, 7) is 11.1. The maximum atomic E-state index is 6.49. The monoisotopic (exact) mass is 908 g/mol. The van der Waals surface area contributed by atoms with Gasteiger partial charge in [0.25, 0.3) is 0 Å². The summed E-state index contributed by atoms with van der Waals surface area (Å²) in [6.07, 6.45) is 6.02. The van der Waals surface area contributed by atoms with Crippen LogP contribution in [-0.4, -0.2) is 9.55 Å². The fourth-order valence-electron chi connectivity index (χ4n) is 7.61. The summed E-state index contributed by atoms with van der Waals surface area (Å²) in [4.78, 5) is 9.09. The molecule has 0 atom stereocenters. The molecule has 0 bridgehead atoms. The molecule has 0 spiro atoms. The molecule has 280 valence electrons. The van der Waals surface area contributed by atoms with Gasteiger partial charge >= 0.3 is 0 Å². The van der Waals surface area contributed by atoms with Crippen molar-refractivity contribution in [2.24, 2.45) is 0 Å². The van der Waals surface area contributed by atoms with Crippen LogP contribution in [0.5, 0.6) is 11.5 Å². The molecule has 2 aromatic heterocycles. The van der Waals surface area contributed by atoms with Gasteiger partial charge in [-0.2, -0.15) is 12.1 Å². The normalized spacial score (nSPS) is 13.0. The molecule has 0 N–H and O–H groups in total. The van der Waals surface area contributed by atoms with Gasteiger partial charge in [0, 0.05) is 60.8 Å². The zero-order valence-corrected chi connectivity index (χ0v) is 34.0. The summed E-state index contributed by atoms with van der Waals surface area (Å²) in [5, 5.41) is 2.22. The van der Waals surface area contributed by atoms with Crippen LogP contribution in [0.25, 0.3) is 27.6 Å². The molecule has 1 aliphatic heterocycles. The van der Waals surface area contributed by atoms with Gasteiger partial charge in [-0.05, 0) is 70.4 Å². The van der Waals surface area contributed by atoms with Gasteiger partial charge in [-0.25, -0.2) is 4.98 Å². The van der Waals surface area contributed by atoms with E-state index in [2.05, 4.69) is 194 Å². The first-order chi connectivity index (χ1) is 26.8. The largest absolute Gasteiger partial charge is 0.509 e. The molecule has 0 radical (unpaired) electrons. The third kappa shape index (κ3) is 6.82. The van der Waals surface area contributed by atoms with Crippen molar-refractivity contribution in [3.63, 3.8) is 0 Å². The van der Waals surface area contributed by atoms with Crippen molar-refractivity contribution >= 4 is 33.2 Å². The van der Waals surface area contributed by atoms with Gasteiger partial charge in [0.1, 0.15) is 5.82 Å². The predicted molar refractivity (Wildman–Crippen MR) is 225 cm³/mol. The summed E-state index contributed by atoms with van der Waals surface area (Å²) >= 11 is 0. The Morgan fingerprint density at radius 1 is 0.554 bits per heavy atom. The van der Waals surface area contributed by atoms with Crippen molar-refractivity contribution in [3.05, 3.63) is 211 Å². The minimum Gasteiger partial charge on any atom is -0.509 e. The molecular weight excluding hydrogens is 868 g/mol. The Bertz CT molecular complexity index is 2680. The number of rotatable bonds is 9. The summed E-state index contributed by atoms with van der Waals surface area (Å²) in [5.74, 6) is 2.04. The Balaban J connectivity index is 0.00000441. The average Bonchev–Trinajstić information content (AvgIpc) is 3.85. The molecular formula is C50H41N4OPt-3. The third-order valence-electron chi connectivity index (χ3n) is 11.0. The standard InChI is InChI=1S/C50H41N4O.Pt/c1-49(2,36-15-7-5-8-16-36)38-19-13-20-40(31-38)52-29-30-53(35-52)41-21-14-22-42(33-41)55-43-25-26-45-44-23-11-12-24-46(44)54(47(45)34-43)48-32-39(27-28-51-48)50(3,4)37-17-9-6-10-18-37;/h5-32,35H,1-4H3;/q-3;. The van der Waals surface area contributed by atoms with E-state index in [0.717, 1.165) is 39.0 Å². The van der Waals surface area contributed by atoms with Crippen molar-refractivity contribution < 1.29 is 25.8 Å². The van der Waals surface area contributed by atoms with Gasteiger partial charge in [0.2, 0.25) is 0 Å². The molecule has 0 saturated carbocycles. The fraction of sp³-hybridized carbons (Fsp3) is 0.120. The first-order valence-corrected chi connectivity index (χ1v) is 18.7.